The third-order valence-electron chi connectivity index (χ3n) is 5.23. The Hall–Kier alpha value is -2.16. The zero-order chi connectivity index (χ0) is 20.6. The fraction of sp³-hybridized carbons (Fsp3) is 0.350. The molecule has 0 aromatic heterocycles. The van der Waals surface area contributed by atoms with Crippen LogP contribution in [0.4, 0.5) is 4.39 Å². The molecule has 154 valence electrons. The lowest BCUT2D eigenvalue weighted by molar-refractivity contribution is -0.131. The van der Waals surface area contributed by atoms with E-state index in [0.29, 0.717) is 19.7 Å². The first-order valence-corrected chi connectivity index (χ1v) is 11.1. The normalized spacial score (nSPS) is 17.1. The van der Waals surface area contributed by atoms with E-state index in [-0.39, 0.29) is 35.3 Å². The van der Waals surface area contributed by atoms with Crippen LogP contribution in [-0.4, -0.2) is 56.3 Å². The van der Waals surface area contributed by atoms with Crippen molar-refractivity contribution in [2.75, 3.05) is 32.8 Å². The number of sulfonamides is 1. The molecule has 6 nitrogen and oxygen atoms in total. The van der Waals surface area contributed by atoms with Gasteiger partial charge in [0.05, 0.1) is 22.9 Å². The van der Waals surface area contributed by atoms with Crippen LogP contribution in [-0.2, 0) is 27.7 Å². The maximum atomic E-state index is 13.3. The van der Waals surface area contributed by atoms with Crippen molar-refractivity contribution in [1.29, 1.82) is 0 Å². The van der Waals surface area contributed by atoms with Gasteiger partial charge in [0.2, 0.25) is 15.9 Å². The van der Waals surface area contributed by atoms with Crippen molar-refractivity contribution in [3.05, 3.63) is 58.4 Å². The molecule has 0 aliphatic carbocycles. The van der Waals surface area contributed by atoms with Gasteiger partial charge in [-0.3, -0.25) is 4.79 Å². The number of ether oxygens (including phenoxy) is 1. The molecule has 2 aliphatic rings. The monoisotopic (exact) mass is 438 g/mol. The number of hydrogen-bond donors (Lipinski definition) is 0. The van der Waals surface area contributed by atoms with Crippen molar-refractivity contribution in [1.82, 2.24) is 9.21 Å². The molecule has 9 heteroatoms. The Morgan fingerprint density at radius 1 is 1.10 bits per heavy atom. The van der Waals surface area contributed by atoms with E-state index < -0.39 is 15.8 Å². The molecular formula is C20H20ClFN2O4S. The zero-order valence-corrected chi connectivity index (χ0v) is 17.2. The van der Waals surface area contributed by atoms with E-state index in [4.69, 9.17) is 16.3 Å². The van der Waals surface area contributed by atoms with E-state index in [9.17, 15) is 17.6 Å². The highest BCUT2D eigenvalue weighted by atomic mass is 35.5. The molecule has 0 N–H and O–H groups in total. The van der Waals surface area contributed by atoms with E-state index in [1.165, 1.54) is 10.4 Å². The van der Waals surface area contributed by atoms with Crippen LogP contribution in [0.5, 0.6) is 5.75 Å². The fourth-order valence-electron chi connectivity index (χ4n) is 3.60. The third-order valence-corrected chi connectivity index (χ3v) is 7.41. The van der Waals surface area contributed by atoms with Crippen LogP contribution in [0.3, 0.4) is 0 Å². The Bertz CT molecular complexity index is 1050. The smallest absolute Gasteiger partial charge is 0.243 e. The Labute approximate surface area is 173 Å². The van der Waals surface area contributed by atoms with Crippen LogP contribution in [0.2, 0.25) is 5.02 Å². The second-order valence-corrected chi connectivity index (χ2v) is 9.42. The molecule has 1 saturated heterocycles. The first-order chi connectivity index (χ1) is 13.8. The summed E-state index contributed by atoms with van der Waals surface area (Å²) in [5.41, 5.74) is 2.04. The maximum Gasteiger partial charge on any atom is 0.243 e. The van der Waals surface area contributed by atoms with Crippen molar-refractivity contribution in [2.45, 2.75) is 17.7 Å². The van der Waals surface area contributed by atoms with Gasteiger partial charge >= 0.3 is 0 Å². The van der Waals surface area contributed by atoms with E-state index in [1.807, 2.05) is 18.2 Å². The van der Waals surface area contributed by atoms with Gasteiger partial charge in [-0.15, -0.1) is 0 Å². The van der Waals surface area contributed by atoms with Gasteiger partial charge in [-0.2, -0.15) is 4.31 Å². The highest BCUT2D eigenvalue weighted by Crippen LogP contribution is 2.27. The summed E-state index contributed by atoms with van der Waals surface area (Å²) in [5, 5.41) is -0.236. The third kappa shape index (κ3) is 4.10. The Balaban J connectivity index is 1.38. The second kappa shape index (κ2) is 7.93. The first-order valence-electron chi connectivity index (χ1n) is 9.32. The van der Waals surface area contributed by atoms with Gasteiger partial charge in [-0.1, -0.05) is 23.7 Å². The molecule has 0 unspecified atom stereocenters. The number of hydrogen-bond acceptors (Lipinski definition) is 4. The number of rotatable bonds is 4. The summed E-state index contributed by atoms with van der Waals surface area (Å²) in [4.78, 5) is 14.3. The van der Waals surface area contributed by atoms with Crippen LogP contribution in [0.1, 0.15) is 11.1 Å². The van der Waals surface area contributed by atoms with Crippen molar-refractivity contribution in [3.8, 4) is 5.75 Å². The number of nitrogens with zero attached hydrogens (tertiary/aromatic N) is 2. The molecule has 4 rings (SSSR count). The SMILES string of the molecule is O=C(Cc1ccc2c(c1)CCO2)N1CCN(S(=O)(=O)c2ccc(F)c(Cl)c2)CC1. The van der Waals surface area contributed by atoms with Crippen LogP contribution in [0, 0.1) is 5.82 Å². The van der Waals surface area contributed by atoms with Crippen LogP contribution >= 0.6 is 11.6 Å². The molecule has 2 aliphatic heterocycles. The lowest BCUT2D eigenvalue weighted by Crippen LogP contribution is -2.50. The average Bonchev–Trinajstić information content (AvgIpc) is 3.18. The lowest BCUT2D eigenvalue weighted by atomic mass is 10.1. The molecule has 29 heavy (non-hydrogen) atoms. The standard InChI is InChI=1S/C20H20ClFN2O4S/c21-17-13-16(2-3-18(17)22)29(26,27)24-8-6-23(7-9-24)20(25)12-14-1-4-19-15(11-14)5-10-28-19/h1-4,11,13H,5-10,12H2. The number of piperazine rings is 1. The predicted molar refractivity (Wildman–Crippen MR) is 106 cm³/mol. The minimum absolute atomic E-state index is 0.0364. The van der Waals surface area contributed by atoms with Crippen LogP contribution in [0.15, 0.2) is 41.3 Å². The number of amides is 1. The van der Waals surface area contributed by atoms with Crippen molar-refractivity contribution in [2.24, 2.45) is 0 Å². The van der Waals surface area contributed by atoms with E-state index in [2.05, 4.69) is 0 Å². The second-order valence-electron chi connectivity index (χ2n) is 7.08. The molecule has 0 radical (unpaired) electrons. The summed E-state index contributed by atoms with van der Waals surface area (Å²) in [6.45, 7) is 1.65. The van der Waals surface area contributed by atoms with Crippen molar-refractivity contribution >= 4 is 27.5 Å². The molecule has 1 fully saturated rings. The van der Waals surface area contributed by atoms with Gasteiger partial charge in [0.25, 0.3) is 0 Å². The number of carbonyl (C=O) groups excluding carboxylic acids is 1. The minimum Gasteiger partial charge on any atom is -0.493 e. The van der Waals surface area contributed by atoms with E-state index in [1.54, 1.807) is 4.90 Å². The summed E-state index contributed by atoms with van der Waals surface area (Å²) in [5.74, 6) is 0.172. The summed E-state index contributed by atoms with van der Waals surface area (Å²) >= 11 is 5.72. The zero-order valence-electron chi connectivity index (χ0n) is 15.6. The van der Waals surface area contributed by atoms with E-state index >= 15 is 0 Å². The largest absolute Gasteiger partial charge is 0.493 e. The summed E-state index contributed by atoms with van der Waals surface area (Å²) in [7, 11) is -3.79. The van der Waals surface area contributed by atoms with Gasteiger partial charge in [-0.25, -0.2) is 12.8 Å². The Kier molecular flexibility index (Phi) is 5.50. The fourth-order valence-corrected chi connectivity index (χ4v) is 5.29. The number of benzene rings is 2. The molecule has 0 spiro atoms. The molecular weight excluding hydrogens is 419 g/mol. The summed E-state index contributed by atoms with van der Waals surface area (Å²) in [6.07, 6.45) is 1.12. The van der Waals surface area contributed by atoms with Crippen LogP contribution in [0.25, 0.3) is 0 Å². The Morgan fingerprint density at radius 3 is 2.59 bits per heavy atom. The van der Waals surface area contributed by atoms with Gasteiger partial charge in [-0.05, 0) is 35.4 Å². The Morgan fingerprint density at radius 2 is 1.86 bits per heavy atom. The first kappa shape index (κ1) is 20.1. The van der Waals surface area contributed by atoms with Crippen molar-refractivity contribution in [3.63, 3.8) is 0 Å². The van der Waals surface area contributed by atoms with Gasteiger partial charge < -0.3 is 9.64 Å². The van der Waals surface area contributed by atoms with Crippen LogP contribution < -0.4 is 4.74 Å². The number of carbonyl (C=O) groups is 1. The molecule has 1 amide bonds. The molecule has 0 atom stereocenters. The summed E-state index contributed by atoms with van der Waals surface area (Å²) < 4.78 is 45.6. The topological polar surface area (TPSA) is 66.9 Å². The number of fused-ring (bicyclic) bond motifs is 1. The van der Waals surface area contributed by atoms with Gasteiger partial charge in [0.15, 0.2) is 0 Å². The molecule has 0 bridgehead atoms. The van der Waals surface area contributed by atoms with Gasteiger partial charge in [0.1, 0.15) is 11.6 Å². The molecule has 2 aromatic carbocycles. The predicted octanol–water partition coefficient (Wildman–Crippen LogP) is 2.49. The molecule has 0 saturated carbocycles. The lowest BCUT2D eigenvalue weighted by Gasteiger charge is -2.34. The number of halogens is 2. The highest BCUT2D eigenvalue weighted by molar-refractivity contribution is 7.89. The average molecular weight is 439 g/mol. The van der Waals surface area contributed by atoms with Gasteiger partial charge in [0, 0.05) is 32.6 Å². The maximum absolute atomic E-state index is 13.3. The van der Waals surface area contributed by atoms with E-state index in [0.717, 1.165) is 35.4 Å². The molecule has 2 heterocycles. The molecule has 2 aromatic rings. The minimum atomic E-state index is -3.79. The quantitative estimate of drug-likeness (QED) is 0.735. The van der Waals surface area contributed by atoms with Crippen molar-refractivity contribution < 1.29 is 22.3 Å². The summed E-state index contributed by atoms with van der Waals surface area (Å²) in [6, 6.07) is 9.13. The highest BCUT2D eigenvalue weighted by Gasteiger charge is 2.30.